The minimum atomic E-state index is -0.410. The molecule has 0 spiro atoms. The number of Topliss-reactive ketones (excluding diaryl/α,β-unsaturated/α-hetero) is 1. The molecule has 0 bridgehead atoms. The van der Waals surface area contributed by atoms with Crippen LogP contribution in [-0.4, -0.2) is 11.7 Å². The first-order valence-electron chi connectivity index (χ1n) is 7.29. The van der Waals surface area contributed by atoms with E-state index in [1.165, 1.54) is 36.4 Å². The molecule has 0 aliphatic rings. The van der Waals surface area contributed by atoms with Gasteiger partial charge in [-0.2, -0.15) is 0 Å². The highest BCUT2D eigenvalue weighted by atomic mass is 19.1. The number of hydrogen-bond acceptors (Lipinski definition) is 2. The molecule has 0 fully saturated rings. The standard InChI is InChI=1S/C18H17F2NO2/c1-12(13-2-6-15(19)7-3-13)21-18(23)11-10-17(22)14-4-8-16(20)9-5-14/h2-9,12H,10-11H2,1H3,(H,21,23)/t12-/m1/s1. The minimum Gasteiger partial charge on any atom is -0.350 e. The second-order valence-corrected chi connectivity index (χ2v) is 5.27. The van der Waals surface area contributed by atoms with Crippen molar-refractivity contribution in [3.05, 3.63) is 71.3 Å². The van der Waals surface area contributed by atoms with Crippen molar-refractivity contribution in [1.29, 1.82) is 0 Å². The molecule has 1 N–H and O–H groups in total. The van der Waals surface area contributed by atoms with Crippen molar-refractivity contribution in [3.63, 3.8) is 0 Å². The summed E-state index contributed by atoms with van der Waals surface area (Å²) in [7, 11) is 0. The van der Waals surface area contributed by atoms with E-state index in [0.29, 0.717) is 5.56 Å². The molecule has 0 saturated carbocycles. The Morgan fingerprint density at radius 1 is 0.913 bits per heavy atom. The SMILES string of the molecule is C[C@@H](NC(=O)CCC(=O)c1ccc(F)cc1)c1ccc(F)cc1. The van der Waals surface area contributed by atoms with Crippen LogP contribution in [0.25, 0.3) is 0 Å². The molecule has 2 rings (SSSR count). The lowest BCUT2D eigenvalue weighted by atomic mass is 10.1. The highest BCUT2D eigenvalue weighted by Crippen LogP contribution is 2.13. The van der Waals surface area contributed by atoms with Gasteiger partial charge in [0.1, 0.15) is 11.6 Å². The maximum Gasteiger partial charge on any atom is 0.220 e. The fourth-order valence-corrected chi connectivity index (χ4v) is 2.16. The number of carbonyl (C=O) groups is 2. The second kappa shape index (κ2) is 7.63. The van der Waals surface area contributed by atoms with Gasteiger partial charge >= 0.3 is 0 Å². The van der Waals surface area contributed by atoms with Crippen molar-refractivity contribution in [2.45, 2.75) is 25.8 Å². The molecular formula is C18H17F2NO2. The van der Waals surface area contributed by atoms with Crippen LogP contribution in [0.4, 0.5) is 8.78 Å². The fourth-order valence-electron chi connectivity index (χ4n) is 2.16. The summed E-state index contributed by atoms with van der Waals surface area (Å²) >= 11 is 0. The van der Waals surface area contributed by atoms with Gasteiger partial charge in [-0.25, -0.2) is 8.78 Å². The van der Waals surface area contributed by atoms with Gasteiger partial charge in [0, 0.05) is 18.4 Å². The predicted octanol–water partition coefficient (Wildman–Crippen LogP) is 3.81. The van der Waals surface area contributed by atoms with Crippen molar-refractivity contribution >= 4 is 11.7 Å². The van der Waals surface area contributed by atoms with E-state index in [9.17, 15) is 18.4 Å². The molecule has 0 radical (unpaired) electrons. The van der Waals surface area contributed by atoms with Crippen molar-refractivity contribution in [2.75, 3.05) is 0 Å². The first kappa shape index (κ1) is 16.8. The van der Waals surface area contributed by atoms with E-state index in [2.05, 4.69) is 5.32 Å². The Balaban J connectivity index is 1.83. The van der Waals surface area contributed by atoms with Gasteiger partial charge in [-0.1, -0.05) is 12.1 Å². The predicted molar refractivity (Wildman–Crippen MR) is 82.9 cm³/mol. The summed E-state index contributed by atoms with van der Waals surface area (Å²) in [5.74, 6) is -1.23. The van der Waals surface area contributed by atoms with Crippen LogP contribution in [-0.2, 0) is 4.79 Å². The first-order chi connectivity index (χ1) is 11.0. The van der Waals surface area contributed by atoms with Crippen LogP contribution in [0, 0.1) is 11.6 Å². The lowest BCUT2D eigenvalue weighted by Crippen LogP contribution is -2.26. The molecule has 23 heavy (non-hydrogen) atoms. The number of amides is 1. The van der Waals surface area contributed by atoms with E-state index in [4.69, 9.17) is 0 Å². The van der Waals surface area contributed by atoms with Gasteiger partial charge in [0.15, 0.2) is 5.78 Å². The van der Waals surface area contributed by atoms with Gasteiger partial charge in [0.25, 0.3) is 0 Å². The Morgan fingerprint density at radius 2 is 1.43 bits per heavy atom. The molecule has 0 saturated heterocycles. The minimum absolute atomic E-state index is 0.0434. The summed E-state index contributed by atoms with van der Waals surface area (Å²) in [6.45, 7) is 1.78. The van der Waals surface area contributed by atoms with Gasteiger partial charge in [-0.3, -0.25) is 9.59 Å². The highest BCUT2D eigenvalue weighted by molar-refractivity contribution is 5.97. The van der Waals surface area contributed by atoms with E-state index >= 15 is 0 Å². The molecule has 120 valence electrons. The van der Waals surface area contributed by atoms with Gasteiger partial charge in [-0.05, 0) is 48.9 Å². The molecule has 2 aromatic rings. The molecule has 0 aliphatic heterocycles. The molecule has 5 heteroatoms. The molecule has 1 amide bonds. The fraction of sp³-hybridized carbons (Fsp3) is 0.222. The smallest absolute Gasteiger partial charge is 0.220 e. The van der Waals surface area contributed by atoms with Gasteiger partial charge in [0.05, 0.1) is 6.04 Å². The second-order valence-electron chi connectivity index (χ2n) is 5.27. The van der Waals surface area contributed by atoms with Crippen molar-refractivity contribution in [2.24, 2.45) is 0 Å². The van der Waals surface area contributed by atoms with E-state index in [1.54, 1.807) is 19.1 Å². The summed E-state index contributed by atoms with van der Waals surface area (Å²) in [5, 5.41) is 2.76. The van der Waals surface area contributed by atoms with Gasteiger partial charge in [-0.15, -0.1) is 0 Å². The Kier molecular flexibility index (Phi) is 5.57. The molecule has 0 heterocycles. The maximum absolute atomic E-state index is 12.9. The summed E-state index contributed by atoms with van der Waals surface area (Å²) < 4.78 is 25.7. The number of hydrogen-bond donors (Lipinski definition) is 1. The third-order valence-corrected chi connectivity index (χ3v) is 3.49. The van der Waals surface area contributed by atoms with Crippen molar-refractivity contribution in [1.82, 2.24) is 5.32 Å². The number of rotatable bonds is 6. The topological polar surface area (TPSA) is 46.2 Å². The average molecular weight is 317 g/mol. The Hall–Kier alpha value is -2.56. The van der Waals surface area contributed by atoms with E-state index < -0.39 is 5.82 Å². The summed E-state index contributed by atoms with van der Waals surface area (Å²) in [6.07, 6.45) is 0.0926. The number of carbonyl (C=O) groups excluding carboxylic acids is 2. The summed E-state index contributed by atoms with van der Waals surface area (Å²) in [5.41, 5.74) is 1.16. The van der Waals surface area contributed by atoms with Crippen LogP contribution in [0.15, 0.2) is 48.5 Å². The molecule has 0 aromatic heterocycles. The zero-order chi connectivity index (χ0) is 16.8. The number of halogens is 2. The van der Waals surface area contributed by atoms with E-state index in [-0.39, 0.29) is 36.4 Å². The molecular weight excluding hydrogens is 300 g/mol. The Bertz CT molecular complexity index is 681. The summed E-state index contributed by atoms with van der Waals surface area (Å²) in [4.78, 5) is 23.8. The first-order valence-corrected chi connectivity index (χ1v) is 7.29. The number of nitrogens with one attached hydrogen (secondary N) is 1. The Morgan fingerprint density at radius 3 is 2.00 bits per heavy atom. The number of ketones is 1. The lowest BCUT2D eigenvalue weighted by molar-refractivity contribution is -0.121. The average Bonchev–Trinajstić information content (AvgIpc) is 2.54. The quantitative estimate of drug-likeness (QED) is 0.824. The molecule has 1 atom stereocenters. The summed E-state index contributed by atoms with van der Waals surface area (Å²) in [6, 6.07) is 10.8. The largest absolute Gasteiger partial charge is 0.350 e. The van der Waals surface area contributed by atoms with Crippen LogP contribution >= 0.6 is 0 Å². The maximum atomic E-state index is 12.9. The van der Waals surface area contributed by atoms with Crippen molar-refractivity contribution in [3.8, 4) is 0 Å². The van der Waals surface area contributed by atoms with Crippen LogP contribution in [0.2, 0.25) is 0 Å². The molecule has 0 unspecified atom stereocenters. The normalized spacial score (nSPS) is 11.8. The number of benzene rings is 2. The van der Waals surface area contributed by atoms with Crippen LogP contribution < -0.4 is 5.32 Å². The Labute approximate surface area is 133 Å². The highest BCUT2D eigenvalue weighted by Gasteiger charge is 2.12. The molecule has 0 aliphatic carbocycles. The molecule has 2 aromatic carbocycles. The zero-order valence-electron chi connectivity index (χ0n) is 12.7. The van der Waals surface area contributed by atoms with E-state index in [1.807, 2.05) is 0 Å². The van der Waals surface area contributed by atoms with Gasteiger partial charge in [0.2, 0.25) is 5.91 Å². The third-order valence-electron chi connectivity index (χ3n) is 3.49. The van der Waals surface area contributed by atoms with Crippen LogP contribution in [0.1, 0.15) is 41.7 Å². The molecule has 3 nitrogen and oxygen atoms in total. The lowest BCUT2D eigenvalue weighted by Gasteiger charge is -2.14. The van der Waals surface area contributed by atoms with Crippen molar-refractivity contribution < 1.29 is 18.4 Å². The monoisotopic (exact) mass is 317 g/mol. The third kappa shape index (κ3) is 4.98. The van der Waals surface area contributed by atoms with E-state index in [0.717, 1.165) is 5.56 Å². The van der Waals surface area contributed by atoms with Crippen LogP contribution in [0.3, 0.4) is 0 Å². The van der Waals surface area contributed by atoms with Gasteiger partial charge < -0.3 is 5.32 Å². The van der Waals surface area contributed by atoms with Crippen LogP contribution in [0.5, 0.6) is 0 Å². The zero-order valence-corrected chi connectivity index (χ0v) is 12.7.